The van der Waals surface area contributed by atoms with Gasteiger partial charge in [-0.1, -0.05) is 51.9 Å². The van der Waals surface area contributed by atoms with Gasteiger partial charge in [-0.25, -0.2) is 4.98 Å². The van der Waals surface area contributed by atoms with Crippen LogP contribution in [0.1, 0.15) is 70.2 Å². The first-order chi connectivity index (χ1) is 7.84. The van der Waals surface area contributed by atoms with Gasteiger partial charge in [-0.3, -0.25) is 5.10 Å². The zero-order chi connectivity index (χ0) is 11.6. The van der Waals surface area contributed by atoms with Crippen LogP contribution >= 0.6 is 0 Å². The van der Waals surface area contributed by atoms with Crippen LogP contribution in [0, 0.1) is 0 Å². The van der Waals surface area contributed by atoms with Gasteiger partial charge in [0.25, 0.3) is 0 Å². The molecule has 0 fully saturated rings. The number of nitrogens with one attached hydrogen (secondary N) is 1. The molecule has 0 aromatic carbocycles. The van der Waals surface area contributed by atoms with E-state index in [-0.39, 0.29) is 0 Å². The molecule has 92 valence electrons. The van der Waals surface area contributed by atoms with Crippen LogP contribution in [0.15, 0.2) is 6.33 Å². The molecule has 0 saturated heterocycles. The maximum Gasteiger partial charge on any atom is 0.153 e. The number of aliphatic hydroxyl groups excluding tert-OH is 1. The Kier molecular flexibility index (Phi) is 6.81. The summed E-state index contributed by atoms with van der Waals surface area (Å²) in [6.07, 6.45) is 10.6. The van der Waals surface area contributed by atoms with Gasteiger partial charge < -0.3 is 5.11 Å². The third-order valence-corrected chi connectivity index (χ3v) is 2.83. The van der Waals surface area contributed by atoms with Crippen molar-refractivity contribution < 1.29 is 5.11 Å². The number of rotatable bonds is 9. The lowest BCUT2D eigenvalue weighted by Gasteiger charge is -2.06. The molecular formula is C12H23N3O. The van der Waals surface area contributed by atoms with Crippen LogP contribution in [-0.4, -0.2) is 20.3 Å². The van der Waals surface area contributed by atoms with Gasteiger partial charge in [-0.2, -0.15) is 5.10 Å². The highest BCUT2D eigenvalue weighted by molar-refractivity contribution is 4.85. The van der Waals surface area contributed by atoms with Crippen molar-refractivity contribution in [2.45, 2.75) is 64.4 Å². The van der Waals surface area contributed by atoms with Gasteiger partial charge in [0.05, 0.1) is 0 Å². The van der Waals surface area contributed by atoms with Gasteiger partial charge >= 0.3 is 0 Å². The summed E-state index contributed by atoms with van der Waals surface area (Å²) in [7, 11) is 0. The SMILES string of the molecule is CCCCCCCCCC(O)c1ncn[nH]1. The highest BCUT2D eigenvalue weighted by Crippen LogP contribution is 2.16. The Morgan fingerprint density at radius 1 is 1.19 bits per heavy atom. The van der Waals surface area contributed by atoms with Gasteiger partial charge in [-0.05, 0) is 6.42 Å². The van der Waals surface area contributed by atoms with Gasteiger partial charge in [0.2, 0.25) is 0 Å². The first kappa shape index (κ1) is 13.2. The number of unbranched alkanes of at least 4 members (excludes halogenated alkanes) is 6. The van der Waals surface area contributed by atoms with Gasteiger partial charge in [0.15, 0.2) is 5.82 Å². The number of hydrogen-bond acceptors (Lipinski definition) is 3. The molecule has 1 heterocycles. The number of hydrogen-bond donors (Lipinski definition) is 2. The summed E-state index contributed by atoms with van der Waals surface area (Å²) in [5.41, 5.74) is 0. The summed E-state index contributed by atoms with van der Waals surface area (Å²) < 4.78 is 0. The molecule has 1 atom stereocenters. The van der Waals surface area contributed by atoms with E-state index in [0.29, 0.717) is 5.82 Å². The normalized spacial score (nSPS) is 12.9. The summed E-state index contributed by atoms with van der Waals surface area (Å²) in [5, 5.41) is 16.1. The lowest BCUT2D eigenvalue weighted by atomic mass is 10.1. The van der Waals surface area contributed by atoms with E-state index in [0.717, 1.165) is 12.8 Å². The number of H-pyrrole nitrogens is 1. The Morgan fingerprint density at radius 3 is 2.50 bits per heavy atom. The van der Waals surface area contributed by atoms with Crippen molar-refractivity contribution in [3.05, 3.63) is 12.2 Å². The highest BCUT2D eigenvalue weighted by Gasteiger charge is 2.09. The van der Waals surface area contributed by atoms with E-state index in [4.69, 9.17) is 0 Å². The molecule has 0 aliphatic rings. The molecule has 1 rings (SSSR count). The lowest BCUT2D eigenvalue weighted by Crippen LogP contribution is -1.99. The molecule has 1 unspecified atom stereocenters. The molecule has 4 nitrogen and oxygen atoms in total. The summed E-state index contributed by atoms with van der Waals surface area (Å²) in [6.45, 7) is 2.23. The molecule has 16 heavy (non-hydrogen) atoms. The Hall–Kier alpha value is -0.900. The maximum atomic E-state index is 9.72. The molecule has 0 bridgehead atoms. The van der Waals surface area contributed by atoms with Gasteiger partial charge in [-0.15, -0.1) is 0 Å². The van der Waals surface area contributed by atoms with Crippen molar-refractivity contribution in [3.63, 3.8) is 0 Å². The van der Waals surface area contributed by atoms with E-state index in [2.05, 4.69) is 22.1 Å². The van der Waals surface area contributed by atoms with Gasteiger partial charge in [0.1, 0.15) is 12.4 Å². The number of aromatic amines is 1. The standard InChI is InChI=1S/C12H23N3O/c1-2-3-4-5-6-7-8-9-11(16)12-13-10-14-15-12/h10-11,16H,2-9H2,1H3,(H,13,14,15). The molecule has 0 spiro atoms. The molecular weight excluding hydrogens is 202 g/mol. The quantitative estimate of drug-likeness (QED) is 0.635. The Labute approximate surface area is 97.5 Å². The van der Waals surface area contributed by atoms with Crippen molar-refractivity contribution in [3.8, 4) is 0 Å². The fourth-order valence-electron chi connectivity index (χ4n) is 1.81. The van der Waals surface area contributed by atoms with E-state index in [1.807, 2.05) is 0 Å². The molecule has 4 heteroatoms. The summed E-state index contributed by atoms with van der Waals surface area (Å²) >= 11 is 0. The lowest BCUT2D eigenvalue weighted by molar-refractivity contribution is 0.154. The van der Waals surface area contributed by atoms with Crippen LogP contribution in [0.2, 0.25) is 0 Å². The minimum absolute atomic E-state index is 0.474. The molecule has 0 aliphatic carbocycles. The predicted molar refractivity (Wildman–Crippen MR) is 64.0 cm³/mol. The van der Waals surface area contributed by atoms with Crippen molar-refractivity contribution in [1.82, 2.24) is 15.2 Å². The first-order valence-corrected chi connectivity index (χ1v) is 6.38. The van der Waals surface area contributed by atoms with Crippen LogP contribution in [0.5, 0.6) is 0 Å². The summed E-state index contributed by atoms with van der Waals surface area (Å²) in [5.74, 6) is 0.589. The second-order valence-corrected chi connectivity index (χ2v) is 4.30. The molecule has 0 amide bonds. The number of nitrogens with zero attached hydrogens (tertiary/aromatic N) is 2. The van der Waals surface area contributed by atoms with E-state index in [1.54, 1.807) is 0 Å². The monoisotopic (exact) mass is 225 g/mol. The number of aliphatic hydroxyl groups is 1. The topological polar surface area (TPSA) is 61.8 Å². The molecule has 1 aromatic heterocycles. The van der Waals surface area contributed by atoms with E-state index in [9.17, 15) is 5.11 Å². The number of aromatic nitrogens is 3. The Morgan fingerprint density at radius 2 is 1.88 bits per heavy atom. The second kappa shape index (κ2) is 8.28. The first-order valence-electron chi connectivity index (χ1n) is 6.38. The molecule has 0 radical (unpaired) electrons. The fraction of sp³-hybridized carbons (Fsp3) is 0.833. The van der Waals surface area contributed by atoms with Crippen molar-refractivity contribution in [1.29, 1.82) is 0 Å². The second-order valence-electron chi connectivity index (χ2n) is 4.30. The van der Waals surface area contributed by atoms with Crippen LogP contribution in [0.25, 0.3) is 0 Å². The molecule has 0 saturated carbocycles. The highest BCUT2D eigenvalue weighted by atomic mass is 16.3. The minimum Gasteiger partial charge on any atom is -0.385 e. The zero-order valence-electron chi connectivity index (χ0n) is 10.2. The average molecular weight is 225 g/mol. The summed E-state index contributed by atoms with van der Waals surface area (Å²) in [4.78, 5) is 3.94. The van der Waals surface area contributed by atoms with E-state index in [1.165, 1.54) is 44.9 Å². The molecule has 2 N–H and O–H groups in total. The predicted octanol–water partition coefficient (Wildman–Crippen LogP) is 2.98. The minimum atomic E-state index is -0.474. The largest absolute Gasteiger partial charge is 0.385 e. The van der Waals surface area contributed by atoms with Crippen LogP contribution in [0.3, 0.4) is 0 Å². The maximum absolute atomic E-state index is 9.72. The van der Waals surface area contributed by atoms with E-state index < -0.39 is 6.10 Å². The van der Waals surface area contributed by atoms with Gasteiger partial charge in [0, 0.05) is 0 Å². The van der Waals surface area contributed by atoms with Crippen LogP contribution in [-0.2, 0) is 0 Å². The third-order valence-electron chi connectivity index (χ3n) is 2.83. The zero-order valence-corrected chi connectivity index (χ0v) is 10.2. The molecule has 0 aliphatic heterocycles. The van der Waals surface area contributed by atoms with Crippen molar-refractivity contribution in [2.24, 2.45) is 0 Å². The summed E-state index contributed by atoms with van der Waals surface area (Å²) in [6, 6.07) is 0. The fourth-order valence-corrected chi connectivity index (χ4v) is 1.81. The van der Waals surface area contributed by atoms with E-state index >= 15 is 0 Å². The van der Waals surface area contributed by atoms with Crippen LogP contribution in [0.4, 0.5) is 0 Å². The van der Waals surface area contributed by atoms with Crippen LogP contribution < -0.4 is 0 Å². The Bertz CT molecular complexity index is 249. The molecule has 1 aromatic rings. The van der Waals surface area contributed by atoms with Crippen molar-refractivity contribution in [2.75, 3.05) is 0 Å². The average Bonchev–Trinajstić information content (AvgIpc) is 2.81. The Balaban J connectivity index is 1.95. The third kappa shape index (κ3) is 5.26. The van der Waals surface area contributed by atoms with Crippen molar-refractivity contribution >= 4 is 0 Å². The smallest absolute Gasteiger partial charge is 0.153 e.